The molecule has 1 aromatic rings. The molecule has 0 atom stereocenters. The normalized spacial score (nSPS) is 11.6. The number of halogens is 1. The smallest absolute Gasteiger partial charge is 0.149 e. The van der Waals surface area contributed by atoms with Crippen LogP contribution in [0.3, 0.4) is 0 Å². The van der Waals surface area contributed by atoms with Crippen molar-refractivity contribution in [3.8, 4) is 0 Å². The Hall–Kier alpha value is -0.780. The Labute approximate surface area is 114 Å². The van der Waals surface area contributed by atoms with Crippen molar-refractivity contribution in [1.29, 1.82) is 0 Å². The summed E-state index contributed by atoms with van der Waals surface area (Å²) in [6.45, 7) is 1.11. The summed E-state index contributed by atoms with van der Waals surface area (Å²) >= 11 is 6.16. The van der Waals surface area contributed by atoms with Gasteiger partial charge in [0.1, 0.15) is 9.84 Å². The number of nitrogens with one attached hydrogen (secondary N) is 1. The van der Waals surface area contributed by atoms with Gasteiger partial charge in [0.2, 0.25) is 0 Å². The van der Waals surface area contributed by atoms with Crippen LogP contribution in [-0.4, -0.2) is 41.1 Å². The lowest BCUT2D eigenvalue weighted by Crippen LogP contribution is -2.26. The van der Waals surface area contributed by atoms with Gasteiger partial charge in [-0.2, -0.15) is 0 Å². The first-order valence-electron chi connectivity index (χ1n) is 5.66. The average molecular weight is 291 g/mol. The largest absolute Gasteiger partial charge is 0.373 e. The van der Waals surface area contributed by atoms with Gasteiger partial charge in [0, 0.05) is 42.7 Å². The molecule has 0 aliphatic heterocycles. The summed E-state index contributed by atoms with van der Waals surface area (Å²) in [4.78, 5) is 1.92. The molecule has 0 saturated heterocycles. The number of anilines is 1. The van der Waals surface area contributed by atoms with Gasteiger partial charge in [-0.05, 0) is 19.2 Å². The molecule has 0 bridgehead atoms. The van der Waals surface area contributed by atoms with Crippen molar-refractivity contribution >= 4 is 27.1 Å². The van der Waals surface area contributed by atoms with Crippen molar-refractivity contribution in [2.75, 3.05) is 37.5 Å². The number of nitrogens with zero attached hydrogens (tertiary/aromatic N) is 1. The molecular weight excluding hydrogens is 272 g/mol. The van der Waals surface area contributed by atoms with E-state index < -0.39 is 9.84 Å². The molecule has 1 aromatic carbocycles. The first-order chi connectivity index (χ1) is 8.35. The molecule has 0 radical (unpaired) electrons. The molecule has 1 N–H and O–H groups in total. The van der Waals surface area contributed by atoms with Gasteiger partial charge in [0.25, 0.3) is 0 Å². The molecular formula is C12H19ClN2O2S. The predicted octanol–water partition coefficient (Wildman–Crippen LogP) is 1.54. The van der Waals surface area contributed by atoms with Gasteiger partial charge in [-0.25, -0.2) is 8.42 Å². The zero-order valence-corrected chi connectivity index (χ0v) is 12.5. The summed E-state index contributed by atoms with van der Waals surface area (Å²) in [6.07, 6.45) is 1.24. The lowest BCUT2D eigenvalue weighted by atomic mass is 10.1. The number of benzene rings is 1. The van der Waals surface area contributed by atoms with Crippen molar-refractivity contribution in [3.63, 3.8) is 0 Å². The molecule has 0 aliphatic carbocycles. The Kier molecular flexibility index (Phi) is 5.44. The number of sulfone groups is 1. The molecule has 18 heavy (non-hydrogen) atoms. The zero-order valence-electron chi connectivity index (χ0n) is 10.9. The molecule has 102 valence electrons. The van der Waals surface area contributed by atoms with Crippen LogP contribution in [0.1, 0.15) is 5.56 Å². The topological polar surface area (TPSA) is 49.4 Å². The number of rotatable bonds is 6. The van der Waals surface area contributed by atoms with Gasteiger partial charge in [-0.15, -0.1) is 0 Å². The summed E-state index contributed by atoms with van der Waals surface area (Å²) in [6, 6.07) is 5.65. The minimum absolute atomic E-state index is 0.134. The molecule has 4 nitrogen and oxygen atoms in total. The van der Waals surface area contributed by atoms with E-state index in [4.69, 9.17) is 11.6 Å². The third-order valence-electron chi connectivity index (χ3n) is 2.66. The van der Waals surface area contributed by atoms with Gasteiger partial charge in [0.15, 0.2) is 0 Å². The molecule has 6 heteroatoms. The van der Waals surface area contributed by atoms with E-state index in [2.05, 4.69) is 5.32 Å². The summed E-state index contributed by atoms with van der Waals surface area (Å²) in [5.41, 5.74) is 1.94. The molecule has 0 heterocycles. The maximum absolute atomic E-state index is 11.2. The van der Waals surface area contributed by atoms with Crippen molar-refractivity contribution in [3.05, 3.63) is 28.8 Å². The Morgan fingerprint density at radius 2 is 2.06 bits per heavy atom. The zero-order chi connectivity index (χ0) is 13.8. The third-order valence-corrected chi connectivity index (χ3v) is 3.93. The van der Waals surface area contributed by atoms with Crippen LogP contribution in [-0.2, 0) is 16.4 Å². The monoisotopic (exact) mass is 290 g/mol. The van der Waals surface area contributed by atoms with Crippen LogP contribution >= 0.6 is 11.6 Å². The van der Waals surface area contributed by atoms with E-state index in [1.165, 1.54) is 6.26 Å². The Bertz CT molecular complexity index is 503. The van der Waals surface area contributed by atoms with Gasteiger partial charge in [-0.1, -0.05) is 17.7 Å². The lowest BCUT2D eigenvalue weighted by molar-refractivity contribution is 0.601. The van der Waals surface area contributed by atoms with Crippen molar-refractivity contribution < 1.29 is 8.42 Å². The maximum Gasteiger partial charge on any atom is 0.149 e. The van der Waals surface area contributed by atoms with Crippen LogP contribution in [0.2, 0.25) is 5.02 Å². The van der Waals surface area contributed by atoms with Crippen LogP contribution in [0.5, 0.6) is 0 Å². The van der Waals surface area contributed by atoms with Crippen molar-refractivity contribution in [2.45, 2.75) is 6.54 Å². The Morgan fingerprint density at radius 3 is 2.61 bits per heavy atom. The van der Waals surface area contributed by atoms with Crippen LogP contribution in [0.4, 0.5) is 5.69 Å². The SMILES string of the molecule is CNCc1c(Cl)cccc1N(C)CCS(C)(=O)=O. The summed E-state index contributed by atoms with van der Waals surface area (Å²) < 4.78 is 22.4. The van der Waals surface area contributed by atoms with Gasteiger partial charge in [0.05, 0.1) is 5.75 Å². The number of hydrogen-bond donors (Lipinski definition) is 1. The second-order valence-corrected chi connectivity index (χ2v) is 6.99. The summed E-state index contributed by atoms with van der Waals surface area (Å²) in [7, 11) is 0.769. The quantitative estimate of drug-likeness (QED) is 0.863. The van der Waals surface area contributed by atoms with Gasteiger partial charge in [-0.3, -0.25) is 0 Å². The van der Waals surface area contributed by atoms with Gasteiger partial charge >= 0.3 is 0 Å². The first kappa shape index (κ1) is 15.3. The molecule has 0 spiro atoms. The third kappa shape index (κ3) is 4.48. The molecule has 0 saturated carbocycles. The standard InChI is InChI=1S/C12H19ClN2O2S/c1-14-9-10-11(13)5-4-6-12(10)15(2)7-8-18(3,16)17/h4-6,14H,7-9H2,1-3H3. The molecule has 0 fully saturated rings. The Balaban J connectivity index is 2.91. The highest BCUT2D eigenvalue weighted by Crippen LogP contribution is 2.26. The average Bonchev–Trinajstić information content (AvgIpc) is 2.28. The molecule has 0 aromatic heterocycles. The van der Waals surface area contributed by atoms with E-state index in [1.54, 1.807) is 0 Å². The minimum atomic E-state index is -2.95. The first-order valence-corrected chi connectivity index (χ1v) is 8.10. The molecule has 0 aliphatic rings. The van der Waals surface area contributed by atoms with Crippen LogP contribution in [0.25, 0.3) is 0 Å². The second kappa shape index (κ2) is 6.41. The predicted molar refractivity (Wildman–Crippen MR) is 77.2 cm³/mol. The lowest BCUT2D eigenvalue weighted by Gasteiger charge is -2.22. The van der Waals surface area contributed by atoms with E-state index in [-0.39, 0.29) is 5.75 Å². The fraction of sp³-hybridized carbons (Fsp3) is 0.500. The highest BCUT2D eigenvalue weighted by atomic mass is 35.5. The fourth-order valence-electron chi connectivity index (χ4n) is 1.68. The highest BCUT2D eigenvalue weighted by molar-refractivity contribution is 7.90. The van der Waals surface area contributed by atoms with Crippen molar-refractivity contribution in [1.82, 2.24) is 5.32 Å². The van der Waals surface area contributed by atoms with Crippen LogP contribution in [0.15, 0.2) is 18.2 Å². The van der Waals surface area contributed by atoms with Crippen LogP contribution < -0.4 is 10.2 Å². The second-order valence-electron chi connectivity index (χ2n) is 4.32. The van der Waals surface area contributed by atoms with Crippen LogP contribution in [0, 0.1) is 0 Å². The number of hydrogen-bond acceptors (Lipinski definition) is 4. The molecule has 0 amide bonds. The van der Waals surface area contributed by atoms with E-state index in [9.17, 15) is 8.42 Å². The fourth-order valence-corrected chi connectivity index (χ4v) is 2.52. The summed E-state index contributed by atoms with van der Waals surface area (Å²) in [5, 5.41) is 3.75. The Morgan fingerprint density at radius 1 is 1.39 bits per heavy atom. The van der Waals surface area contributed by atoms with E-state index in [0.717, 1.165) is 11.3 Å². The molecule has 1 rings (SSSR count). The maximum atomic E-state index is 11.2. The van der Waals surface area contributed by atoms with E-state index >= 15 is 0 Å². The van der Waals surface area contributed by atoms with Gasteiger partial charge < -0.3 is 10.2 Å². The van der Waals surface area contributed by atoms with E-state index in [0.29, 0.717) is 18.1 Å². The molecule has 0 unspecified atom stereocenters. The van der Waals surface area contributed by atoms with Crippen molar-refractivity contribution in [2.24, 2.45) is 0 Å². The summed E-state index contributed by atoms with van der Waals surface area (Å²) in [5.74, 6) is 0.134. The van der Waals surface area contributed by atoms with E-state index in [1.807, 2.05) is 37.2 Å². The highest BCUT2D eigenvalue weighted by Gasteiger charge is 2.12. The minimum Gasteiger partial charge on any atom is -0.373 e.